The van der Waals surface area contributed by atoms with Gasteiger partial charge in [-0.3, -0.25) is 4.79 Å². The highest BCUT2D eigenvalue weighted by molar-refractivity contribution is 5.76. The van der Waals surface area contributed by atoms with Gasteiger partial charge in [-0.25, -0.2) is 0 Å². The topological polar surface area (TPSA) is 38.3 Å². The zero-order valence-corrected chi connectivity index (χ0v) is 9.59. The van der Waals surface area contributed by atoms with Crippen LogP contribution in [0.2, 0.25) is 0 Å². The van der Waals surface area contributed by atoms with Gasteiger partial charge < -0.3 is 10.1 Å². The standard InChI is InChI=1S/C11H21NO2/c1-8-6-5-7-9(12-8)10(13)14-11(2,3)4/h8-9,12H,5-7H2,1-4H3. The van der Waals surface area contributed by atoms with E-state index in [0.717, 1.165) is 19.3 Å². The number of esters is 1. The predicted molar refractivity (Wildman–Crippen MR) is 56.1 cm³/mol. The van der Waals surface area contributed by atoms with Gasteiger partial charge in [-0.05, 0) is 47.0 Å². The van der Waals surface area contributed by atoms with Crippen molar-refractivity contribution in [2.24, 2.45) is 0 Å². The Labute approximate surface area is 86.2 Å². The molecular formula is C11H21NO2. The smallest absolute Gasteiger partial charge is 0.323 e. The molecule has 1 rings (SSSR count). The molecule has 0 aliphatic carbocycles. The Hall–Kier alpha value is -0.570. The third-order valence-electron chi connectivity index (χ3n) is 2.31. The first-order valence-electron chi connectivity index (χ1n) is 5.37. The Bertz CT molecular complexity index is 208. The average molecular weight is 199 g/mol. The van der Waals surface area contributed by atoms with Gasteiger partial charge in [0.05, 0.1) is 0 Å². The fourth-order valence-corrected chi connectivity index (χ4v) is 1.70. The molecule has 1 aliphatic rings. The molecule has 1 aliphatic heterocycles. The maximum Gasteiger partial charge on any atom is 0.323 e. The summed E-state index contributed by atoms with van der Waals surface area (Å²) in [7, 11) is 0. The molecule has 2 atom stereocenters. The van der Waals surface area contributed by atoms with Crippen molar-refractivity contribution in [3.8, 4) is 0 Å². The number of carbonyl (C=O) groups excluding carboxylic acids is 1. The number of ether oxygens (including phenoxy) is 1. The van der Waals surface area contributed by atoms with Crippen LogP contribution < -0.4 is 5.32 Å². The van der Waals surface area contributed by atoms with Crippen LogP contribution in [0.25, 0.3) is 0 Å². The van der Waals surface area contributed by atoms with Crippen LogP contribution in [0.15, 0.2) is 0 Å². The zero-order valence-electron chi connectivity index (χ0n) is 9.59. The summed E-state index contributed by atoms with van der Waals surface area (Å²) in [5.41, 5.74) is -0.376. The Balaban J connectivity index is 2.44. The van der Waals surface area contributed by atoms with Crippen LogP contribution in [0.4, 0.5) is 0 Å². The number of nitrogens with one attached hydrogen (secondary N) is 1. The van der Waals surface area contributed by atoms with E-state index in [1.807, 2.05) is 20.8 Å². The largest absolute Gasteiger partial charge is 0.459 e. The molecule has 1 fully saturated rings. The maximum absolute atomic E-state index is 11.7. The van der Waals surface area contributed by atoms with Crippen molar-refractivity contribution in [2.75, 3.05) is 0 Å². The highest BCUT2D eigenvalue weighted by Gasteiger charge is 2.28. The number of piperidine rings is 1. The lowest BCUT2D eigenvalue weighted by atomic mass is 9.99. The summed E-state index contributed by atoms with van der Waals surface area (Å²) in [6.07, 6.45) is 3.16. The number of hydrogen-bond donors (Lipinski definition) is 1. The molecule has 3 heteroatoms. The average Bonchev–Trinajstić information content (AvgIpc) is 2.01. The van der Waals surface area contributed by atoms with Gasteiger partial charge in [0.1, 0.15) is 11.6 Å². The maximum atomic E-state index is 11.7. The normalized spacial score (nSPS) is 28.6. The molecule has 82 valence electrons. The molecule has 1 saturated heterocycles. The molecule has 14 heavy (non-hydrogen) atoms. The third kappa shape index (κ3) is 3.66. The Morgan fingerprint density at radius 1 is 1.36 bits per heavy atom. The van der Waals surface area contributed by atoms with E-state index in [4.69, 9.17) is 4.74 Å². The lowest BCUT2D eigenvalue weighted by Crippen LogP contribution is -2.47. The van der Waals surface area contributed by atoms with E-state index >= 15 is 0 Å². The molecule has 0 radical (unpaired) electrons. The van der Waals surface area contributed by atoms with Crippen LogP contribution in [-0.4, -0.2) is 23.7 Å². The van der Waals surface area contributed by atoms with Crippen molar-refractivity contribution in [1.82, 2.24) is 5.32 Å². The predicted octanol–water partition coefficient (Wildman–Crippen LogP) is 1.86. The molecule has 0 amide bonds. The summed E-state index contributed by atoms with van der Waals surface area (Å²) < 4.78 is 5.32. The van der Waals surface area contributed by atoms with Crippen molar-refractivity contribution in [3.05, 3.63) is 0 Å². The Morgan fingerprint density at radius 2 is 2.00 bits per heavy atom. The zero-order chi connectivity index (χ0) is 10.8. The van der Waals surface area contributed by atoms with Gasteiger partial charge in [0.15, 0.2) is 0 Å². The lowest BCUT2D eigenvalue weighted by molar-refractivity contribution is -0.158. The van der Waals surface area contributed by atoms with E-state index in [0.29, 0.717) is 6.04 Å². The van der Waals surface area contributed by atoms with Gasteiger partial charge >= 0.3 is 5.97 Å². The summed E-state index contributed by atoms with van der Waals surface area (Å²) in [5, 5.41) is 3.26. The summed E-state index contributed by atoms with van der Waals surface area (Å²) in [5.74, 6) is -0.107. The first kappa shape index (κ1) is 11.5. The fourth-order valence-electron chi connectivity index (χ4n) is 1.70. The molecule has 0 aromatic heterocycles. The number of hydrogen-bond acceptors (Lipinski definition) is 3. The molecule has 1 heterocycles. The van der Waals surface area contributed by atoms with Crippen LogP contribution >= 0.6 is 0 Å². The third-order valence-corrected chi connectivity index (χ3v) is 2.31. The second-order valence-corrected chi connectivity index (χ2v) is 5.08. The fraction of sp³-hybridized carbons (Fsp3) is 0.909. The van der Waals surface area contributed by atoms with Gasteiger partial charge in [-0.2, -0.15) is 0 Å². The Morgan fingerprint density at radius 3 is 2.50 bits per heavy atom. The molecule has 2 unspecified atom stereocenters. The van der Waals surface area contributed by atoms with Crippen molar-refractivity contribution < 1.29 is 9.53 Å². The van der Waals surface area contributed by atoms with E-state index in [1.165, 1.54) is 0 Å². The molecule has 1 N–H and O–H groups in total. The second-order valence-electron chi connectivity index (χ2n) is 5.08. The highest BCUT2D eigenvalue weighted by Crippen LogP contribution is 2.16. The van der Waals surface area contributed by atoms with Gasteiger partial charge in [0, 0.05) is 6.04 Å². The van der Waals surface area contributed by atoms with Gasteiger partial charge in [0.25, 0.3) is 0 Å². The van der Waals surface area contributed by atoms with Crippen LogP contribution in [0.1, 0.15) is 47.0 Å². The molecular weight excluding hydrogens is 178 g/mol. The van der Waals surface area contributed by atoms with E-state index in [1.54, 1.807) is 0 Å². The summed E-state index contributed by atoms with van der Waals surface area (Å²) in [4.78, 5) is 11.7. The summed E-state index contributed by atoms with van der Waals surface area (Å²) in [6.45, 7) is 7.81. The van der Waals surface area contributed by atoms with E-state index in [9.17, 15) is 4.79 Å². The van der Waals surface area contributed by atoms with E-state index < -0.39 is 0 Å². The molecule has 0 saturated carbocycles. The quantitative estimate of drug-likeness (QED) is 0.655. The van der Waals surface area contributed by atoms with Crippen molar-refractivity contribution >= 4 is 5.97 Å². The van der Waals surface area contributed by atoms with Crippen molar-refractivity contribution in [2.45, 2.75) is 64.6 Å². The van der Waals surface area contributed by atoms with E-state index in [-0.39, 0.29) is 17.6 Å². The molecule has 0 aromatic carbocycles. The first-order chi connectivity index (χ1) is 6.38. The highest BCUT2D eigenvalue weighted by atomic mass is 16.6. The minimum Gasteiger partial charge on any atom is -0.459 e. The number of carbonyl (C=O) groups is 1. The minimum absolute atomic E-state index is 0.0991. The van der Waals surface area contributed by atoms with Crippen LogP contribution in [-0.2, 0) is 9.53 Å². The molecule has 0 spiro atoms. The first-order valence-corrected chi connectivity index (χ1v) is 5.37. The minimum atomic E-state index is -0.376. The molecule has 0 aromatic rings. The SMILES string of the molecule is CC1CCCC(C(=O)OC(C)(C)C)N1. The van der Waals surface area contributed by atoms with Gasteiger partial charge in [0.2, 0.25) is 0 Å². The second kappa shape index (κ2) is 4.30. The van der Waals surface area contributed by atoms with Crippen LogP contribution in [0, 0.1) is 0 Å². The van der Waals surface area contributed by atoms with Crippen molar-refractivity contribution in [1.29, 1.82) is 0 Å². The molecule has 0 bridgehead atoms. The number of rotatable bonds is 1. The monoisotopic (exact) mass is 199 g/mol. The van der Waals surface area contributed by atoms with Gasteiger partial charge in [-0.15, -0.1) is 0 Å². The van der Waals surface area contributed by atoms with E-state index in [2.05, 4.69) is 12.2 Å². The van der Waals surface area contributed by atoms with Crippen LogP contribution in [0.3, 0.4) is 0 Å². The summed E-state index contributed by atoms with van der Waals surface area (Å²) in [6, 6.07) is 0.333. The van der Waals surface area contributed by atoms with Crippen molar-refractivity contribution in [3.63, 3.8) is 0 Å². The lowest BCUT2D eigenvalue weighted by Gasteiger charge is -2.30. The summed E-state index contributed by atoms with van der Waals surface area (Å²) >= 11 is 0. The Kier molecular flexibility index (Phi) is 3.53. The van der Waals surface area contributed by atoms with Gasteiger partial charge in [-0.1, -0.05) is 0 Å². The van der Waals surface area contributed by atoms with Crippen LogP contribution in [0.5, 0.6) is 0 Å². The molecule has 3 nitrogen and oxygen atoms in total.